The van der Waals surface area contributed by atoms with Crippen LogP contribution in [-0.4, -0.2) is 34.9 Å². The molecule has 0 atom stereocenters. The van der Waals surface area contributed by atoms with Crippen LogP contribution in [0.5, 0.6) is 5.75 Å². The van der Waals surface area contributed by atoms with Crippen LogP contribution in [0.3, 0.4) is 0 Å². The number of aromatic nitrogens is 1. The third-order valence-corrected chi connectivity index (χ3v) is 6.10. The van der Waals surface area contributed by atoms with Gasteiger partial charge in [-0.25, -0.2) is 9.98 Å². The van der Waals surface area contributed by atoms with E-state index >= 15 is 0 Å². The number of hydrogen-bond donors (Lipinski definition) is 2. The van der Waals surface area contributed by atoms with Crippen molar-refractivity contribution in [3.63, 3.8) is 0 Å². The molecule has 1 saturated carbocycles. The van der Waals surface area contributed by atoms with Crippen LogP contribution < -0.4 is 15.4 Å². The molecule has 30 heavy (non-hydrogen) atoms. The normalized spacial score (nSPS) is 18.5. The van der Waals surface area contributed by atoms with Crippen molar-refractivity contribution in [2.24, 2.45) is 10.9 Å². The third kappa shape index (κ3) is 4.95. The van der Waals surface area contributed by atoms with E-state index in [1.54, 1.807) is 30.5 Å². The van der Waals surface area contributed by atoms with Crippen molar-refractivity contribution in [2.75, 3.05) is 11.9 Å². The minimum absolute atomic E-state index is 0.00305. The first-order valence-electron chi connectivity index (χ1n) is 9.25. The number of rotatable bonds is 7. The first-order chi connectivity index (χ1) is 14.5. The second kappa shape index (κ2) is 8.80. The molecule has 8 nitrogen and oxygen atoms in total. The number of amides is 2. The first-order valence-corrected chi connectivity index (χ1v) is 10.9. The van der Waals surface area contributed by atoms with Gasteiger partial charge in [-0.15, -0.1) is 0 Å². The molecule has 0 bridgehead atoms. The number of anilines is 1. The molecule has 2 aliphatic rings. The molecule has 4 rings (SSSR count). The smallest absolute Gasteiger partial charge is 0.264 e. The van der Waals surface area contributed by atoms with Gasteiger partial charge in [0.05, 0.1) is 15.5 Å². The Bertz CT molecular complexity index is 1070. The molecule has 1 aliphatic carbocycles. The van der Waals surface area contributed by atoms with Gasteiger partial charge in [0, 0.05) is 12.1 Å². The number of aryl methyl sites for hydroxylation is 1. The molecule has 0 unspecified atom stereocenters. The predicted octanol–water partition coefficient (Wildman–Crippen LogP) is 3.27. The molecule has 10 heteroatoms. The highest BCUT2D eigenvalue weighted by atomic mass is 32.2. The average molecular weight is 443 g/mol. The van der Waals surface area contributed by atoms with E-state index in [4.69, 9.17) is 4.74 Å². The number of nitrogens with one attached hydrogen (secondary N) is 2. The summed E-state index contributed by atoms with van der Waals surface area (Å²) in [6, 6.07) is 5.29. The van der Waals surface area contributed by atoms with Crippen molar-refractivity contribution < 1.29 is 19.1 Å². The number of carbonyl (C=O) groups excluding carboxylic acids is 3. The van der Waals surface area contributed by atoms with E-state index in [9.17, 15) is 14.4 Å². The van der Waals surface area contributed by atoms with Crippen LogP contribution in [-0.2, 0) is 14.4 Å². The Morgan fingerprint density at radius 1 is 1.43 bits per heavy atom. The van der Waals surface area contributed by atoms with Crippen LogP contribution in [0, 0.1) is 12.8 Å². The molecular weight excluding hydrogens is 424 g/mol. The number of thioether (sulfide) groups is 1. The Morgan fingerprint density at radius 3 is 3.00 bits per heavy atom. The quantitative estimate of drug-likeness (QED) is 0.503. The van der Waals surface area contributed by atoms with Crippen molar-refractivity contribution in [1.82, 2.24) is 10.3 Å². The zero-order valence-electron chi connectivity index (χ0n) is 16.0. The fourth-order valence-electron chi connectivity index (χ4n) is 2.66. The summed E-state index contributed by atoms with van der Waals surface area (Å²) >= 11 is 2.56. The Hall–Kier alpha value is -2.98. The minimum Gasteiger partial charge on any atom is -0.486 e. The molecule has 2 N–H and O–H groups in total. The lowest BCUT2D eigenvalue weighted by molar-refractivity contribution is -0.117. The van der Waals surface area contributed by atoms with Gasteiger partial charge in [0.2, 0.25) is 5.91 Å². The van der Waals surface area contributed by atoms with Crippen molar-refractivity contribution in [3.05, 3.63) is 39.7 Å². The molecule has 1 aromatic heterocycles. The van der Waals surface area contributed by atoms with Gasteiger partial charge in [0.25, 0.3) is 5.91 Å². The Kier molecular flexibility index (Phi) is 5.96. The molecule has 2 aromatic rings. The summed E-state index contributed by atoms with van der Waals surface area (Å²) in [5.74, 6) is 0.463. The second-order valence-corrected chi connectivity index (χ2v) is 8.83. The summed E-state index contributed by atoms with van der Waals surface area (Å²) in [5.41, 5.74) is 1.55. The summed E-state index contributed by atoms with van der Waals surface area (Å²) in [6.07, 6.45) is 5.92. The third-order valence-electron chi connectivity index (χ3n) is 4.33. The number of ether oxygens (including phenoxy) is 1. The summed E-state index contributed by atoms with van der Waals surface area (Å²) in [7, 11) is 0. The summed E-state index contributed by atoms with van der Waals surface area (Å²) in [6.45, 7) is 1.87. The number of thiazole rings is 1. The SMILES string of the molecule is Cc1cc(OCC=O)ccc1N=C1NC(=O)/C(=C/c2cnc(NC(=O)C3CC3)s2)S1. The fourth-order valence-corrected chi connectivity index (χ4v) is 4.32. The molecule has 0 spiro atoms. The lowest BCUT2D eigenvalue weighted by atomic mass is 10.2. The molecule has 1 aromatic carbocycles. The average Bonchev–Trinajstić information content (AvgIpc) is 3.40. The number of aliphatic imine (C=N–C) groups is 1. The molecule has 0 radical (unpaired) electrons. The molecular formula is C20H18N4O4S2. The van der Waals surface area contributed by atoms with Crippen molar-refractivity contribution in [3.8, 4) is 5.75 Å². The van der Waals surface area contributed by atoms with Gasteiger partial charge in [0.1, 0.15) is 12.4 Å². The highest BCUT2D eigenvalue weighted by molar-refractivity contribution is 8.18. The molecule has 2 amide bonds. The van der Waals surface area contributed by atoms with Gasteiger partial charge in [0.15, 0.2) is 16.6 Å². The van der Waals surface area contributed by atoms with Gasteiger partial charge in [-0.1, -0.05) is 11.3 Å². The maximum Gasteiger partial charge on any atom is 0.264 e. The molecule has 1 aliphatic heterocycles. The Morgan fingerprint density at radius 2 is 2.27 bits per heavy atom. The summed E-state index contributed by atoms with van der Waals surface area (Å²) in [5, 5.41) is 6.56. The van der Waals surface area contributed by atoms with Gasteiger partial charge in [-0.2, -0.15) is 0 Å². The zero-order valence-corrected chi connectivity index (χ0v) is 17.6. The fraction of sp³-hybridized carbons (Fsp3) is 0.250. The lowest BCUT2D eigenvalue weighted by Gasteiger charge is -2.06. The minimum atomic E-state index is -0.237. The number of benzene rings is 1. The largest absolute Gasteiger partial charge is 0.486 e. The molecule has 154 valence electrons. The highest BCUT2D eigenvalue weighted by Gasteiger charge is 2.30. The maximum atomic E-state index is 12.3. The standard InChI is InChI=1S/C20H18N4O4S2/c1-11-8-13(28-7-6-25)4-5-15(11)22-20-24-18(27)16(30-20)9-14-10-21-19(29-14)23-17(26)12-2-3-12/h4-6,8-10,12H,2-3,7H2,1H3,(H,21,23,26)(H,22,24,27)/b16-9-. The monoisotopic (exact) mass is 442 g/mol. The predicted molar refractivity (Wildman–Crippen MR) is 117 cm³/mol. The number of nitrogens with zero attached hydrogens (tertiary/aromatic N) is 2. The van der Waals surface area contributed by atoms with E-state index in [1.165, 1.54) is 23.1 Å². The van der Waals surface area contributed by atoms with Crippen LogP contribution in [0.4, 0.5) is 10.8 Å². The van der Waals surface area contributed by atoms with E-state index in [-0.39, 0.29) is 24.3 Å². The zero-order chi connectivity index (χ0) is 21.1. The van der Waals surface area contributed by atoms with Crippen molar-refractivity contribution in [2.45, 2.75) is 19.8 Å². The Balaban J connectivity index is 1.44. The molecule has 2 fully saturated rings. The summed E-state index contributed by atoms with van der Waals surface area (Å²) < 4.78 is 5.27. The number of hydrogen-bond acceptors (Lipinski definition) is 8. The Labute approximate surface area is 180 Å². The topological polar surface area (TPSA) is 110 Å². The van der Waals surface area contributed by atoms with Gasteiger partial charge < -0.3 is 15.4 Å². The number of carbonyl (C=O) groups is 3. The number of amidine groups is 1. The van der Waals surface area contributed by atoms with Gasteiger partial charge in [-0.05, 0) is 61.4 Å². The lowest BCUT2D eigenvalue weighted by Crippen LogP contribution is -2.19. The van der Waals surface area contributed by atoms with Gasteiger partial charge >= 0.3 is 0 Å². The van der Waals surface area contributed by atoms with E-state index in [0.29, 0.717) is 32.9 Å². The van der Waals surface area contributed by atoms with E-state index in [0.717, 1.165) is 23.3 Å². The maximum absolute atomic E-state index is 12.3. The van der Waals surface area contributed by atoms with E-state index < -0.39 is 0 Å². The van der Waals surface area contributed by atoms with E-state index in [2.05, 4.69) is 20.6 Å². The van der Waals surface area contributed by atoms with Gasteiger partial charge in [-0.3, -0.25) is 14.4 Å². The van der Waals surface area contributed by atoms with Crippen molar-refractivity contribution in [1.29, 1.82) is 0 Å². The van der Waals surface area contributed by atoms with Crippen LogP contribution in [0.1, 0.15) is 23.3 Å². The van der Waals surface area contributed by atoms with Crippen molar-refractivity contribution >= 4 is 63.3 Å². The second-order valence-electron chi connectivity index (χ2n) is 6.74. The van der Waals surface area contributed by atoms with Crippen LogP contribution in [0.25, 0.3) is 6.08 Å². The first kappa shape index (κ1) is 20.3. The highest BCUT2D eigenvalue weighted by Crippen LogP contribution is 2.33. The van der Waals surface area contributed by atoms with Crippen LogP contribution >= 0.6 is 23.1 Å². The van der Waals surface area contributed by atoms with Crippen LogP contribution in [0.15, 0.2) is 34.3 Å². The summed E-state index contributed by atoms with van der Waals surface area (Å²) in [4.78, 5) is 44.5. The number of aldehydes is 1. The van der Waals surface area contributed by atoms with Crippen LogP contribution in [0.2, 0.25) is 0 Å². The molecule has 2 heterocycles. The molecule has 1 saturated heterocycles. The van der Waals surface area contributed by atoms with E-state index in [1.807, 2.05) is 6.92 Å².